The fraction of sp³-hybridized carbons (Fsp3) is 0.562. The summed E-state index contributed by atoms with van der Waals surface area (Å²) in [5.41, 5.74) is -0.356. The number of amides is 1. The minimum absolute atomic E-state index is 0.0970. The van der Waals surface area contributed by atoms with Crippen LogP contribution in [0.1, 0.15) is 40.0 Å². The summed E-state index contributed by atoms with van der Waals surface area (Å²) in [5.74, 6) is -1.11. The van der Waals surface area contributed by atoms with Gasteiger partial charge in [-0.15, -0.1) is 0 Å². The molecule has 0 spiro atoms. The van der Waals surface area contributed by atoms with Crippen molar-refractivity contribution < 1.29 is 18.8 Å². The number of nitrogens with zero attached hydrogens (tertiary/aromatic N) is 2. The molecule has 23 heavy (non-hydrogen) atoms. The van der Waals surface area contributed by atoms with Crippen LogP contribution < -0.4 is 4.74 Å². The molecule has 1 heterocycles. The molecule has 0 saturated carbocycles. The van der Waals surface area contributed by atoms with Crippen molar-refractivity contribution in [1.29, 1.82) is 0 Å². The lowest BCUT2D eigenvalue weighted by molar-refractivity contribution is -0.386. The Labute approximate surface area is 134 Å². The van der Waals surface area contributed by atoms with Gasteiger partial charge in [0.2, 0.25) is 5.75 Å². The van der Waals surface area contributed by atoms with E-state index in [0.717, 1.165) is 37.5 Å². The van der Waals surface area contributed by atoms with Crippen molar-refractivity contribution in [2.45, 2.75) is 58.2 Å². The number of likely N-dealkylation sites (tertiary alicyclic amines) is 1. The molecule has 0 bridgehead atoms. The second kappa shape index (κ2) is 6.93. The molecule has 0 aliphatic carbocycles. The van der Waals surface area contributed by atoms with Gasteiger partial charge in [-0.3, -0.25) is 14.9 Å². The van der Waals surface area contributed by atoms with Crippen molar-refractivity contribution in [2.75, 3.05) is 0 Å². The number of hydrogen-bond acceptors (Lipinski definition) is 4. The van der Waals surface area contributed by atoms with E-state index in [-0.39, 0.29) is 29.4 Å². The molecule has 1 saturated heterocycles. The Bertz CT molecular complexity index is 598. The van der Waals surface area contributed by atoms with Gasteiger partial charge in [-0.05, 0) is 46.1 Å². The van der Waals surface area contributed by atoms with E-state index in [1.165, 1.54) is 6.92 Å². The van der Waals surface area contributed by atoms with E-state index in [0.29, 0.717) is 0 Å². The Morgan fingerprint density at radius 2 is 2.00 bits per heavy atom. The highest BCUT2D eigenvalue weighted by Gasteiger charge is 2.33. The largest absolute Gasteiger partial charge is 0.474 e. The number of carbonyl (C=O) groups excluding carboxylic acids is 1. The van der Waals surface area contributed by atoms with Gasteiger partial charge in [0.25, 0.3) is 5.91 Å². The molecule has 1 amide bonds. The number of carbonyl (C=O) groups is 1. The number of rotatable bonds is 4. The van der Waals surface area contributed by atoms with Crippen molar-refractivity contribution in [3.05, 3.63) is 34.1 Å². The summed E-state index contributed by atoms with van der Waals surface area (Å²) in [6.45, 7) is 5.49. The van der Waals surface area contributed by atoms with Gasteiger partial charge in [0.15, 0.2) is 6.10 Å². The molecule has 0 N–H and O–H groups in total. The van der Waals surface area contributed by atoms with Crippen LogP contribution in [0.25, 0.3) is 0 Å². The van der Waals surface area contributed by atoms with E-state index in [1.54, 1.807) is 4.90 Å². The fourth-order valence-electron chi connectivity index (χ4n) is 3.04. The monoisotopic (exact) mass is 324 g/mol. The summed E-state index contributed by atoms with van der Waals surface area (Å²) in [6.07, 6.45) is 1.99. The second-order valence-electron chi connectivity index (χ2n) is 6.00. The zero-order chi connectivity index (χ0) is 17.1. The molecule has 0 unspecified atom stereocenters. The molecule has 3 atom stereocenters. The van der Waals surface area contributed by atoms with Gasteiger partial charge < -0.3 is 9.64 Å². The Morgan fingerprint density at radius 3 is 2.57 bits per heavy atom. The van der Waals surface area contributed by atoms with E-state index in [9.17, 15) is 19.3 Å². The molecule has 7 heteroatoms. The molecule has 1 aliphatic rings. The van der Waals surface area contributed by atoms with E-state index in [2.05, 4.69) is 0 Å². The zero-order valence-electron chi connectivity index (χ0n) is 13.5. The van der Waals surface area contributed by atoms with Crippen molar-refractivity contribution in [3.63, 3.8) is 0 Å². The van der Waals surface area contributed by atoms with E-state index in [1.807, 2.05) is 13.8 Å². The van der Waals surface area contributed by atoms with Crippen LogP contribution >= 0.6 is 0 Å². The van der Waals surface area contributed by atoms with Gasteiger partial charge in [-0.2, -0.15) is 0 Å². The predicted octanol–water partition coefficient (Wildman–Crippen LogP) is 3.29. The molecule has 2 rings (SSSR count). The van der Waals surface area contributed by atoms with Crippen LogP contribution in [-0.2, 0) is 4.79 Å². The predicted molar refractivity (Wildman–Crippen MR) is 82.8 cm³/mol. The average Bonchev–Trinajstić information content (AvgIpc) is 2.46. The van der Waals surface area contributed by atoms with Crippen LogP contribution in [0.3, 0.4) is 0 Å². The minimum atomic E-state index is -0.918. The van der Waals surface area contributed by atoms with E-state index in [4.69, 9.17) is 4.74 Å². The summed E-state index contributed by atoms with van der Waals surface area (Å²) in [6, 6.07) is 3.16. The highest BCUT2D eigenvalue weighted by Crippen LogP contribution is 2.30. The minimum Gasteiger partial charge on any atom is -0.474 e. The number of nitro benzene ring substituents is 1. The summed E-state index contributed by atoms with van der Waals surface area (Å²) < 4.78 is 18.8. The number of halogens is 1. The lowest BCUT2D eigenvalue weighted by Crippen LogP contribution is -2.51. The molecule has 1 aromatic carbocycles. The van der Waals surface area contributed by atoms with Crippen LogP contribution in [0.15, 0.2) is 18.2 Å². The Hall–Kier alpha value is -2.18. The first kappa shape index (κ1) is 17.2. The highest BCUT2D eigenvalue weighted by molar-refractivity contribution is 5.81. The second-order valence-corrected chi connectivity index (χ2v) is 6.00. The van der Waals surface area contributed by atoms with Crippen LogP contribution in [0.4, 0.5) is 10.1 Å². The third-order valence-electron chi connectivity index (χ3n) is 4.22. The Kier molecular flexibility index (Phi) is 5.18. The molecule has 1 fully saturated rings. The molecule has 0 aromatic heterocycles. The first-order valence-electron chi connectivity index (χ1n) is 7.74. The van der Waals surface area contributed by atoms with E-state index < -0.39 is 16.8 Å². The quantitative estimate of drug-likeness (QED) is 0.629. The highest BCUT2D eigenvalue weighted by atomic mass is 19.1. The first-order chi connectivity index (χ1) is 10.8. The summed E-state index contributed by atoms with van der Waals surface area (Å²) >= 11 is 0. The van der Waals surface area contributed by atoms with Gasteiger partial charge in [-0.1, -0.05) is 0 Å². The average molecular weight is 324 g/mol. The SMILES string of the molecule is C[C@@H]1CCC[C@@H](C)N1C(=O)[C@@H](C)Oc1cc(F)ccc1[N+](=O)[O-]. The topological polar surface area (TPSA) is 72.7 Å². The molecular weight excluding hydrogens is 303 g/mol. The van der Waals surface area contributed by atoms with Gasteiger partial charge >= 0.3 is 5.69 Å². The summed E-state index contributed by atoms with van der Waals surface area (Å²) in [7, 11) is 0. The first-order valence-corrected chi connectivity index (χ1v) is 7.74. The maximum absolute atomic E-state index is 13.3. The van der Waals surface area contributed by atoms with Crippen molar-refractivity contribution >= 4 is 11.6 Å². The number of nitro groups is 1. The third kappa shape index (κ3) is 3.78. The third-order valence-corrected chi connectivity index (χ3v) is 4.22. The maximum Gasteiger partial charge on any atom is 0.311 e. The van der Waals surface area contributed by atoms with Crippen molar-refractivity contribution in [3.8, 4) is 5.75 Å². The zero-order valence-corrected chi connectivity index (χ0v) is 13.5. The van der Waals surface area contributed by atoms with Gasteiger partial charge in [-0.25, -0.2) is 4.39 Å². The standard InChI is InChI=1S/C16H21FN2O4/c1-10-5-4-6-11(2)18(10)16(20)12(3)23-15-9-13(17)7-8-14(15)19(21)22/h7-12H,4-6H2,1-3H3/t10-,11-,12-/m1/s1. The lowest BCUT2D eigenvalue weighted by Gasteiger charge is -2.40. The smallest absolute Gasteiger partial charge is 0.311 e. The van der Waals surface area contributed by atoms with Crippen molar-refractivity contribution in [2.24, 2.45) is 0 Å². The number of ether oxygens (including phenoxy) is 1. The van der Waals surface area contributed by atoms with Crippen LogP contribution in [0, 0.1) is 15.9 Å². The van der Waals surface area contributed by atoms with Crippen molar-refractivity contribution in [1.82, 2.24) is 4.90 Å². The fourth-order valence-corrected chi connectivity index (χ4v) is 3.04. The normalized spacial score (nSPS) is 22.5. The summed E-state index contributed by atoms with van der Waals surface area (Å²) in [5, 5.41) is 11.0. The van der Waals surface area contributed by atoms with Gasteiger partial charge in [0.1, 0.15) is 5.82 Å². The molecule has 0 radical (unpaired) electrons. The molecule has 126 valence electrons. The maximum atomic E-state index is 13.3. The van der Waals surface area contributed by atoms with Crippen LogP contribution in [-0.4, -0.2) is 33.9 Å². The molecule has 1 aliphatic heterocycles. The van der Waals surface area contributed by atoms with Crippen LogP contribution in [0.2, 0.25) is 0 Å². The van der Waals surface area contributed by atoms with Gasteiger partial charge in [0, 0.05) is 24.2 Å². The molecule has 6 nitrogen and oxygen atoms in total. The van der Waals surface area contributed by atoms with E-state index >= 15 is 0 Å². The lowest BCUT2D eigenvalue weighted by atomic mass is 9.97. The number of piperidine rings is 1. The number of benzene rings is 1. The number of hydrogen-bond donors (Lipinski definition) is 0. The molecule has 1 aromatic rings. The Morgan fingerprint density at radius 1 is 1.39 bits per heavy atom. The van der Waals surface area contributed by atoms with Crippen LogP contribution in [0.5, 0.6) is 5.75 Å². The Balaban J connectivity index is 2.18. The molecular formula is C16H21FN2O4. The summed E-state index contributed by atoms with van der Waals surface area (Å²) in [4.78, 5) is 24.7. The van der Waals surface area contributed by atoms with Gasteiger partial charge in [0.05, 0.1) is 4.92 Å².